The van der Waals surface area contributed by atoms with Gasteiger partial charge >= 0.3 is 0 Å². The van der Waals surface area contributed by atoms with Crippen molar-refractivity contribution in [2.75, 3.05) is 5.75 Å². The van der Waals surface area contributed by atoms with Crippen molar-refractivity contribution in [2.24, 2.45) is 5.73 Å². The van der Waals surface area contributed by atoms with Crippen LogP contribution in [0.2, 0.25) is 0 Å². The highest BCUT2D eigenvalue weighted by Gasteiger charge is 1.98. The molecule has 1 amide bonds. The first-order chi connectivity index (χ1) is 6.22. The first-order valence-corrected chi connectivity index (χ1v) is 4.87. The highest BCUT2D eigenvalue weighted by molar-refractivity contribution is 8.00. The highest BCUT2D eigenvalue weighted by Crippen LogP contribution is 2.17. The van der Waals surface area contributed by atoms with Crippen LogP contribution in [0.4, 0.5) is 0 Å². The Morgan fingerprint density at radius 1 is 1.38 bits per heavy atom. The van der Waals surface area contributed by atoms with Crippen LogP contribution in [-0.4, -0.2) is 11.7 Å². The normalized spacial score (nSPS) is 9.92. The van der Waals surface area contributed by atoms with Crippen molar-refractivity contribution in [1.29, 1.82) is 0 Å². The number of thioether (sulfide) groups is 1. The molecule has 4 heteroatoms. The predicted molar refractivity (Wildman–Crippen MR) is 53.2 cm³/mol. The van der Waals surface area contributed by atoms with Crippen LogP contribution in [0.15, 0.2) is 29.2 Å². The van der Waals surface area contributed by atoms with Crippen molar-refractivity contribution in [3.8, 4) is 0 Å². The van der Waals surface area contributed by atoms with E-state index in [1.165, 1.54) is 11.8 Å². The zero-order valence-electron chi connectivity index (χ0n) is 7.12. The Morgan fingerprint density at radius 2 is 2.00 bits per heavy atom. The van der Waals surface area contributed by atoms with Gasteiger partial charge in [0.25, 0.3) is 0 Å². The number of amides is 1. The van der Waals surface area contributed by atoms with Gasteiger partial charge in [-0.15, -0.1) is 11.8 Å². The number of hydrogen-bond acceptors (Lipinski definition) is 3. The summed E-state index contributed by atoms with van der Waals surface area (Å²) in [5, 5.41) is 0. The Hall–Kier alpha value is -1.00. The molecule has 0 aliphatic heterocycles. The minimum atomic E-state index is -0.548. The van der Waals surface area contributed by atoms with Crippen LogP contribution < -0.4 is 11.5 Å². The quantitative estimate of drug-likeness (QED) is 0.730. The first-order valence-electron chi connectivity index (χ1n) is 3.88. The molecule has 0 heterocycles. The van der Waals surface area contributed by atoms with Gasteiger partial charge in [0, 0.05) is 11.4 Å². The largest absolute Gasteiger partial charge is 0.326 e. The molecule has 0 aromatic heterocycles. The van der Waals surface area contributed by atoms with E-state index in [0.717, 1.165) is 10.5 Å². The second kappa shape index (κ2) is 4.89. The van der Waals surface area contributed by atoms with Crippen molar-refractivity contribution in [2.45, 2.75) is 11.4 Å². The number of carbonyl (C=O) groups is 1. The summed E-state index contributed by atoms with van der Waals surface area (Å²) in [5.74, 6) is -0.338. The lowest BCUT2D eigenvalue weighted by atomic mass is 10.2. The van der Waals surface area contributed by atoms with Crippen LogP contribution in [0.1, 0.15) is 5.56 Å². The summed E-state index contributed by atoms with van der Waals surface area (Å²) in [5.41, 5.74) is 13.2. The van der Waals surface area contributed by atoms with Gasteiger partial charge in [-0.25, -0.2) is 0 Å². The smallest absolute Gasteiger partial charge is 0.248 e. The molecule has 0 bridgehead atoms. The Labute approximate surface area is 81.5 Å². The van der Waals surface area contributed by atoms with E-state index in [4.69, 9.17) is 11.5 Å². The van der Waals surface area contributed by atoms with E-state index >= 15 is 0 Å². The van der Waals surface area contributed by atoms with E-state index in [2.05, 4.69) is 0 Å². The summed E-state index contributed by atoms with van der Waals surface area (Å²) in [6.45, 7) is 0.530. The summed E-state index contributed by atoms with van der Waals surface area (Å²) < 4.78 is 0. The maximum atomic E-state index is 10.4. The fourth-order valence-corrected chi connectivity index (χ4v) is 1.50. The minimum absolute atomic E-state index is 0.210. The summed E-state index contributed by atoms with van der Waals surface area (Å²) in [4.78, 5) is 11.4. The molecule has 0 aliphatic rings. The van der Waals surface area contributed by atoms with Gasteiger partial charge in [0.1, 0.15) is 0 Å². The summed E-state index contributed by atoms with van der Waals surface area (Å²) in [6, 6.07) is 7.68. The van der Waals surface area contributed by atoms with Gasteiger partial charge in [-0.3, -0.25) is 10.5 Å². The minimum Gasteiger partial charge on any atom is -0.326 e. The zero-order chi connectivity index (χ0) is 9.68. The lowest BCUT2D eigenvalue weighted by molar-refractivity contribution is -0.116. The van der Waals surface area contributed by atoms with Gasteiger partial charge in [0.05, 0.1) is 5.75 Å². The third-order valence-corrected chi connectivity index (χ3v) is 2.54. The number of rotatable bonds is 4. The third-order valence-electron chi connectivity index (χ3n) is 1.53. The maximum Gasteiger partial charge on any atom is 0.248 e. The number of hydrogen-bond donors (Lipinski definition) is 1. The fourth-order valence-electron chi connectivity index (χ4n) is 0.871. The number of nitrogens with one attached hydrogen (secondary N) is 1. The molecule has 0 saturated heterocycles. The molecule has 3 nitrogen and oxygen atoms in total. The van der Waals surface area contributed by atoms with Gasteiger partial charge in [-0.1, -0.05) is 12.1 Å². The predicted octanol–water partition coefficient (Wildman–Crippen LogP) is 1.05. The van der Waals surface area contributed by atoms with E-state index < -0.39 is 5.91 Å². The molecule has 1 aromatic rings. The lowest BCUT2D eigenvalue weighted by Crippen LogP contribution is -2.00. The molecule has 0 aliphatic carbocycles. The molecule has 0 fully saturated rings. The van der Waals surface area contributed by atoms with Crippen molar-refractivity contribution >= 4 is 17.7 Å². The number of nitrogens with two attached hydrogens (primary N) is 1. The third kappa shape index (κ3) is 3.48. The lowest BCUT2D eigenvalue weighted by Gasteiger charge is -1.99. The van der Waals surface area contributed by atoms with Crippen LogP contribution in [0.3, 0.4) is 0 Å². The van der Waals surface area contributed by atoms with Crippen molar-refractivity contribution in [3.05, 3.63) is 29.8 Å². The second-order valence-electron chi connectivity index (χ2n) is 2.56. The topological polar surface area (TPSA) is 66.9 Å². The first kappa shape index (κ1) is 10.1. The summed E-state index contributed by atoms with van der Waals surface area (Å²) in [7, 11) is 0. The molecular formula is C9H11N2OS. The van der Waals surface area contributed by atoms with E-state index in [-0.39, 0.29) is 5.75 Å². The zero-order valence-corrected chi connectivity index (χ0v) is 7.93. The Kier molecular flexibility index (Phi) is 3.79. The molecular weight excluding hydrogens is 184 g/mol. The molecule has 0 spiro atoms. The van der Waals surface area contributed by atoms with E-state index in [0.29, 0.717) is 6.54 Å². The van der Waals surface area contributed by atoms with Gasteiger partial charge in [0.15, 0.2) is 0 Å². The molecule has 3 N–H and O–H groups in total. The molecule has 1 rings (SSSR count). The van der Waals surface area contributed by atoms with Crippen molar-refractivity contribution < 1.29 is 4.79 Å². The second-order valence-corrected chi connectivity index (χ2v) is 3.61. The standard InChI is InChI=1S/C9H11N2OS/c10-5-7-1-3-8(4-2-7)13-6-9(11)12/h1-4,11H,5-6,10H2. The van der Waals surface area contributed by atoms with Crippen LogP contribution in [0.5, 0.6) is 0 Å². The Bertz CT molecular complexity index is 284. The molecule has 1 aromatic carbocycles. The Morgan fingerprint density at radius 3 is 2.46 bits per heavy atom. The van der Waals surface area contributed by atoms with Gasteiger partial charge in [0.2, 0.25) is 5.91 Å². The molecule has 69 valence electrons. The van der Waals surface area contributed by atoms with Crippen LogP contribution in [0.25, 0.3) is 0 Å². The maximum absolute atomic E-state index is 10.4. The molecule has 13 heavy (non-hydrogen) atoms. The van der Waals surface area contributed by atoms with E-state index in [9.17, 15) is 4.79 Å². The van der Waals surface area contributed by atoms with E-state index in [1.807, 2.05) is 24.3 Å². The van der Waals surface area contributed by atoms with Gasteiger partial charge in [-0.2, -0.15) is 0 Å². The van der Waals surface area contributed by atoms with Crippen molar-refractivity contribution in [1.82, 2.24) is 5.73 Å². The molecule has 0 atom stereocenters. The summed E-state index contributed by atoms with van der Waals surface area (Å²) in [6.07, 6.45) is 0. The highest BCUT2D eigenvalue weighted by atomic mass is 32.2. The monoisotopic (exact) mass is 195 g/mol. The van der Waals surface area contributed by atoms with Crippen LogP contribution in [0, 0.1) is 0 Å². The van der Waals surface area contributed by atoms with E-state index in [1.54, 1.807) is 0 Å². The fraction of sp³-hybridized carbons (Fsp3) is 0.222. The number of benzene rings is 1. The SMILES string of the molecule is [NH]C(=O)CSc1ccc(CN)cc1. The summed E-state index contributed by atoms with van der Waals surface area (Å²) >= 11 is 1.37. The number of carbonyl (C=O) groups excluding carboxylic acids is 1. The van der Waals surface area contributed by atoms with Crippen LogP contribution >= 0.6 is 11.8 Å². The average Bonchev–Trinajstić information content (AvgIpc) is 2.15. The average molecular weight is 195 g/mol. The molecule has 0 saturated carbocycles. The molecule has 0 unspecified atom stereocenters. The Balaban J connectivity index is 2.54. The van der Waals surface area contributed by atoms with Crippen LogP contribution in [-0.2, 0) is 11.3 Å². The van der Waals surface area contributed by atoms with Gasteiger partial charge in [-0.05, 0) is 17.7 Å². The molecule has 1 radical (unpaired) electrons. The van der Waals surface area contributed by atoms with Crippen molar-refractivity contribution in [3.63, 3.8) is 0 Å². The van der Waals surface area contributed by atoms with Gasteiger partial charge < -0.3 is 5.73 Å².